The first-order valence-corrected chi connectivity index (χ1v) is 10.6. The number of aryl methyl sites for hydroxylation is 1. The number of aromatic nitrogens is 1. The molecule has 4 aromatic rings. The number of anilines is 1. The summed E-state index contributed by atoms with van der Waals surface area (Å²) in [5.41, 5.74) is 5.51. The predicted molar refractivity (Wildman–Crippen MR) is 130 cm³/mol. The van der Waals surface area contributed by atoms with Gasteiger partial charge in [0.25, 0.3) is 0 Å². The van der Waals surface area contributed by atoms with E-state index >= 15 is 0 Å². The maximum Gasteiger partial charge on any atom is 0.123 e. The summed E-state index contributed by atoms with van der Waals surface area (Å²) in [6.45, 7) is 4.91. The monoisotopic (exact) mass is 414 g/mol. The smallest absolute Gasteiger partial charge is 0.123 e. The summed E-state index contributed by atoms with van der Waals surface area (Å²) in [6, 6.07) is 24.8. The SMILES string of the molecule is CC(C)c1cc(C(=S)Nc2ccc3c(ccn3C)c2)ccc1OCc1ccccc1. The molecule has 0 aliphatic rings. The van der Waals surface area contributed by atoms with Gasteiger partial charge in [-0.25, -0.2) is 0 Å². The van der Waals surface area contributed by atoms with Crippen molar-refractivity contribution in [2.45, 2.75) is 26.4 Å². The number of hydrogen-bond acceptors (Lipinski definition) is 2. The maximum absolute atomic E-state index is 6.12. The van der Waals surface area contributed by atoms with Crippen molar-refractivity contribution in [3.8, 4) is 5.75 Å². The van der Waals surface area contributed by atoms with E-state index in [4.69, 9.17) is 17.0 Å². The first kappa shape index (κ1) is 20.2. The second-order valence-corrected chi connectivity index (χ2v) is 8.24. The van der Waals surface area contributed by atoms with Crippen LogP contribution in [0.2, 0.25) is 0 Å². The number of nitrogens with zero attached hydrogens (tertiary/aromatic N) is 1. The van der Waals surface area contributed by atoms with Crippen molar-refractivity contribution in [2.24, 2.45) is 7.05 Å². The van der Waals surface area contributed by atoms with Gasteiger partial charge in [-0.1, -0.05) is 56.4 Å². The Morgan fingerprint density at radius 1 is 1.00 bits per heavy atom. The molecule has 0 aliphatic carbocycles. The summed E-state index contributed by atoms with van der Waals surface area (Å²) in [4.78, 5) is 0.710. The van der Waals surface area contributed by atoms with E-state index in [2.05, 4.69) is 79.4 Å². The molecule has 3 nitrogen and oxygen atoms in total. The molecule has 0 unspecified atom stereocenters. The summed E-state index contributed by atoms with van der Waals surface area (Å²) < 4.78 is 8.23. The van der Waals surface area contributed by atoms with E-state index in [9.17, 15) is 0 Å². The molecular formula is C26H26N2OS. The highest BCUT2D eigenvalue weighted by Crippen LogP contribution is 2.29. The van der Waals surface area contributed by atoms with Gasteiger partial charge in [-0.15, -0.1) is 0 Å². The predicted octanol–water partition coefficient (Wildman–Crippen LogP) is 6.67. The van der Waals surface area contributed by atoms with Gasteiger partial charge < -0.3 is 14.6 Å². The standard InChI is InChI=1S/C26H26N2OS/c1-18(2)23-16-21(9-12-25(23)29-17-19-7-5-4-6-8-19)26(30)27-22-10-11-24-20(15-22)13-14-28(24)3/h4-16,18H,17H2,1-3H3,(H,27,30). The number of thiocarbonyl (C=S) groups is 1. The fourth-order valence-corrected chi connectivity index (χ4v) is 3.82. The summed E-state index contributed by atoms with van der Waals surface area (Å²) in [5, 5.41) is 4.58. The third-order valence-electron chi connectivity index (χ3n) is 5.27. The largest absolute Gasteiger partial charge is 0.489 e. The van der Waals surface area contributed by atoms with Crippen molar-refractivity contribution in [3.63, 3.8) is 0 Å². The van der Waals surface area contributed by atoms with Crippen LogP contribution in [0.1, 0.15) is 36.5 Å². The average Bonchev–Trinajstić information content (AvgIpc) is 3.13. The van der Waals surface area contributed by atoms with Crippen LogP contribution in [0.3, 0.4) is 0 Å². The highest BCUT2D eigenvalue weighted by Gasteiger charge is 2.12. The number of benzene rings is 3. The van der Waals surface area contributed by atoms with Crippen molar-refractivity contribution in [1.29, 1.82) is 0 Å². The second kappa shape index (κ2) is 8.72. The van der Waals surface area contributed by atoms with E-state index in [0.29, 0.717) is 17.5 Å². The zero-order valence-corrected chi connectivity index (χ0v) is 18.4. The molecule has 0 aliphatic heterocycles. The van der Waals surface area contributed by atoms with Crippen LogP contribution < -0.4 is 10.1 Å². The summed E-state index contributed by atoms with van der Waals surface area (Å²) in [7, 11) is 2.05. The highest BCUT2D eigenvalue weighted by molar-refractivity contribution is 7.81. The van der Waals surface area contributed by atoms with Crippen LogP contribution in [0.4, 0.5) is 5.69 Å². The Labute approximate surface area is 183 Å². The molecule has 0 fully saturated rings. The molecule has 30 heavy (non-hydrogen) atoms. The second-order valence-electron chi connectivity index (χ2n) is 7.84. The van der Waals surface area contributed by atoms with Crippen LogP contribution >= 0.6 is 12.2 Å². The average molecular weight is 415 g/mol. The first-order chi connectivity index (χ1) is 14.5. The van der Waals surface area contributed by atoms with Gasteiger partial charge in [-0.2, -0.15) is 0 Å². The van der Waals surface area contributed by atoms with Crippen molar-refractivity contribution in [2.75, 3.05) is 5.32 Å². The Morgan fingerprint density at radius 3 is 2.57 bits per heavy atom. The lowest BCUT2D eigenvalue weighted by molar-refractivity contribution is 0.302. The van der Waals surface area contributed by atoms with Crippen LogP contribution in [0.25, 0.3) is 10.9 Å². The lowest BCUT2D eigenvalue weighted by atomic mass is 9.99. The number of nitrogens with one attached hydrogen (secondary N) is 1. The maximum atomic E-state index is 6.12. The minimum Gasteiger partial charge on any atom is -0.489 e. The fraction of sp³-hybridized carbons (Fsp3) is 0.192. The molecule has 152 valence electrons. The molecular weight excluding hydrogens is 388 g/mol. The molecule has 0 saturated carbocycles. The summed E-state index contributed by atoms with van der Waals surface area (Å²) >= 11 is 5.70. The quantitative estimate of drug-likeness (QED) is 0.357. The number of hydrogen-bond donors (Lipinski definition) is 1. The van der Waals surface area contributed by atoms with E-state index in [1.54, 1.807) is 0 Å². The summed E-state index contributed by atoms with van der Waals surface area (Å²) in [5.74, 6) is 1.24. The van der Waals surface area contributed by atoms with E-state index in [1.807, 2.05) is 30.3 Å². The molecule has 0 radical (unpaired) electrons. The van der Waals surface area contributed by atoms with Gasteiger partial charge >= 0.3 is 0 Å². The normalized spacial score (nSPS) is 11.1. The Bertz CT molecular complexity index is 1180. The molecule has 1 N–H and O–H groups in total. The van der Waals surface area contributed by atoms with Gasteiger partial charge in [0.1, 0.15) is 17.3 Å². The zero-order valence-electron chi connectivity index (χ0n) is 17.6. The van der Waals surface area contributed by atoms with Crippen molar-refractivity contribution >= 4 is 33.8 Å². The third-order valence-corrected chi connectivity index (χ3v) is 5.61. The van der Waals surface area contributed by atoms with E-state index < -0.39 is 0 Å². The molecule has 1 aromatic heterocycles. The van der Waals surface area contributed by atoms with Gasteiger partial charge in [0, 0.05) is 35.4 Å². The van der Waals surface area contributed by atoms with Crippen LogP contribution in [0.15, 0.2) is 79.0 Å². The topological polar surface area (TPSA) is 26.2 Å². The molecule has 0 amide bonds. The Morgan fingerprint density at radius 2 is 1.80 bits per heavy atom. The molecule has 0 atom stereocenters. The molecule has 1 heterocycles. The van der Waals surface area contributed by atoms with Crippen molar-refractivity contribution in [1.82, 2.24) is 4.57 Å². The lowest BCUT2D eigenvalue weighted by Crippen LogP contribution is -2.11. The van der Waals surface area contributed by atoms with Gasteiger partial charge in [-0.05, 0) is 59.5 Å². The Balaban J connectivity index is 1.52. The number of fused-ring (bicyclic) bond motifs is 1. The van der Waals surface area contributed by atoms with Gasteiger partial charge in [0.15, 0.2) is 0 Å². The van der Waals surface area contributed by atoms with Crippen LogP contribution in [0, 0.1) is 0 Å². The molecule has 3 aromatic carbocycles. The van der Waals surface area contributed by atoms with Crippen LogP contribution in [0.5, 0.6) is 5.75 Å². The molecule has 4 rings (SSSR count). The lowest BCUT2D eigenvalue weighted by Gasteiger charge is -2.17. The van der Waals surface area contributed by atoms with Crippen molar-refractivity contribution in [3.05, 3.63) is 95.7 Å². The van der Waals surface area contributed by atoms with E-state index in [1.165, 1.54) is 10.9 Å². The number of rotatable bonds is 6. The third kappa shape index (κ3) is 4.39. The molecule has 0 spiro atoms. The minimum absolute atomic E-state index is 0.333. The number of ether oxygens (including phenoxy) is 1. The minimum atomic E-state index is 0.333. The summed E-state index contributed by atoms with van der Waals surface area (Å²) in [6.07, 6.45) is 2.07. The van der Waals surface area contributed by atoms with Crippen molar-refractivity contribution < 1.29 is 4.74 Å². The van der Waals surface area contributed by atoms with Gasteiger partial charge in [-0.3, -0.25) is 0 Å². The molecule has 0 bridgehead atoms. The van der Waals surface area contributed by atoms with Gasteiger partial charge in [0.2, 0.25) is 0 Å². The van der Waals surface area contributed by atoms with Crippen LogP contribution in [-0.4, -0.2) is 9.56 Å². The Hall–Kier alpha value is -3.11. The van der Waals surface area contributed by atoms with E-state index in [0.717, 1.165) is 28.1 Å². The molecule has 0 saturated heterocycles. The molecule has 4 heteroatoms. The van der Waals surface area contributed by atoms with Gasteiger partial charge in [0.05, 0.1) is 0 Å². The zero-order chi connectivity index (χ0) is 21.1. The first-order valence-electron chi connectivity index (χ1n) is 10.2. The fourth-order valence-electron chi connectivity index (χ4n) is 3.57. The highest BCUT2D eigenvalue weighted by atomic mass is 32.1. The van der Waals surface area contributed by atoms with E-state index in [-0.39, 0.29) is 0 Å². The Kier molecular flexibility index (Phi) is 5.86. The van der Waals surface area contributed by atoms with Crippen LogP contribution in [-0.2, 0) is 13.7 Å².